The van der Waals surface area contributed by atoms with Gasteiger partial charge in [-0.3, -0.25) is 14.6 Å². The van der Waals surface area contributed by atoms with Crippen molar-refractivity contribution in [3.63, 3.8) is 0 Å². The Morgan fingerprint density at radius 1 is 1.10 bits per heavy atom. The maximum Gasteiger partial charge on any atom is 0.295 e. The second-order valence-electron chi connectivity index (χ2n) is 7.48. The van der Waals surface area contributed by atoms with Crippen LogP contribution >= 0.6 is 0 Å². The Morgan fingerprint density at radius 3 is 2.59 bits per heavy atom. The van der Waals surface area contributed by atoms with Gasteiger partial charge in [-0.1, -0.05) is 37.5 Å². The summed E-state index contributed by atoms with van der Waals surface area (Å²) in [4.78, 5) is 32.1. The largest absolute Gasteiger partial charge is 0.507 e. The number of hydrogen-bond acceptors (Lipinski definition) is 5. The number of carbonyl (C=O) groups is 2. The van der Waals surface area contributed by atoms with Crippen molar-refractivity contribution in [2.45, 2.75) is 44.2 Å². The topological polar surface area (TPSA) is 79.7 Å². The van der Waals surface area contributed by atoms with E-state index in [4.69, 9.17) is 4.74 Å². The summed E-state index contributed by atoms with van der Waals surface area (Å²) in [7, 11) is 1.54. The number of carbonyl (C=O) groups excluding carboxylic acids is 2. The minimum absolute atomic E-state index is 0.0252. The van der Waals surface area contributed by atoms with Crippen LogP contribution in [0, 0.1) is 0 Å². The highest BCUT2D eigenvalue weighted by atomic mass is 16.5. The molecule has 1 unspecified atom stereocenters. The van der Waals surface area contributed by atoms with Gasteiger partial charge in [0.15, 0.2) is 0 Å². The first kappa shape index (κ1) is 19.2. The van der Waals surface area contributed by atoms with E-state index in [1.165, 1.54) is 7.11 Å². The van der Waals surface area contributed by atoms with Crippen molar-refractivity contribution < 1.29 is 19.4 Å². The number of rotatable bonds is 4. The molecular formula is C23H24N2O4. The van der Waals surface area contributed by atoms with Gasteiger partial charge in [0.1, 0.15) is 17.6 Å². The highest BCUT2D eigenvalue weighted by Gasteiger charge is 2.49. The van der Waals surface area contributed by atoms with Crippen molar-refractivity contribution in [3.05, 3.63) is 65.5 Å². The SMILES string of the molecule is COc1cccc(/C(O)=C2/C(=O)C(=O)N(C3CCCCC3)C2c2ccccn2)c1. The van der Waals surface area contributed by atoms with Crippen LogP contribution in [0.1, 0.15) is 49.4 Å². The van der Waals surface area contributed by atoms with Gasteiger partial charge in [0.2, 0.25) is 0 Å². The summed E-state index contributed by atoms with van der Waals surface area (Å²) in [6.07, 6.45) is 6.54. The number of likely N-dealkylation sites (tertiary alicyclic amines) is 1. The zero-order chi connectivity index (χ0) is 20.4. The number of aliphatic hydroxyl groups excluding tert-OH is 1. The number of hydrogen-bond donors (Lipinski definition) is 1. The molecule has 1 aromatic carbocycles. The minimum atomic E-state index is -0.689. The Balaban J connectivity index is 1.86. The van der Waals surface area contributed by atoms with Crippen LogP contribution in [0.5, 0.6) is 5.75 Å². The maximum absolute atomic E-state index is 13.0. The first-order valence-electron chi connectivity index (χ1n) is 9.97. The van der Waals surface area contributed by atoms with Crippen LogP contribution in [-0.2, 0) is 9.59 Å². The summed E-state index contributed by atoms with van der Waals surface area (Å²) in [6.45, 7) is 0. The van der Waals surface area contributed by atoms with Gasteiger partial charge in [-0.05, 0) is 37.1 Å². The van der Waals surface area contributed by atoms with Gasteiger partial charge in [-0.15, -0.1) is 0 Å². The molecule has 2 aromatic rings. The van der Waals surface area contributed by atoms with E-state index >= 15 is 0 Å². The molecular weight excluding hydrogens is 368 g/mol. The lowest BCUT2D eigenvalue weighted by Crippen LogP contribution is -2.40. The lowest BCUT2D eigenvalue weighted by atomic mass is 9.92. The third-order valence-electron chi connectivity index (χ3n) is 5.76. The number of nitrogens with zero attached hydrogens (tertiary/aromatic N) is 2. The number of pyridine rings is 1. The number of aliphatic hydroxyl groups is 1. The average Bonchev–Trinajstić information content (AvgIpc) is 3.05. The molecule has 4 rings (SSSR count). The van der Waals surface area contributed by atoms with Crippen LogP contribution in [0.4, 0.5) is 0 Å². The number of amides is 1. The lowest BCUT2D eigenvalue weighted by molar-refractivity contribution is -0.141. The Hall–Kier alpha value is -3.15. The Bertz CT molecular complexity index is 948. The highest BCUT2D eigenvalue weighted by Crippen LogP contribution is 2.42. The summed E-state index contributed by atoms with van der Waals surface area (Å²) in [5.41, 5.74) is 1.11. The first-order valence-corrected chi connectivity index (χ1v) is 9.97. The number of methoxy groups -OCH3 is 1. The summed E-state index contributed by atoms with van der Waals surface area (Å²) < 4.78 is 5.24. The van der Waals surface area contributed by atoms with Gasteiger partial charge in [0.05, 0.1) is 18.4 Å². The van der Waals surface area contributed by atoms with Crippen molar-refractivity contribution in [3.8, 4) is 5.75 Å². The van der Waals surface area contributed by atoms with Gasteiger partial charge in [-0.25, -0.2) is 0 Å². The molecule has 1 aliphatic heterocycles. The lowest BCUT2D eigenvalue weighted by Gasteiger charge is -2.35. The van der Waals surface area contributed by atoms with Gasteiger partial charge < -0.3 is 14.7 Å². The van der Waals surface area contributed by atoms with E-state index in [2.05, 4.69) is 4.98 Å². The fourth-order valence-electron chi connectivity index (χ4n) is 4.34. The van der Waals surface area contributed by atoms with Crippen molar-refractivity contribution in [1.82, 2.24) is 9.88 Å². The molecule has 2 heterocycles. The number of Topliss-reactive ketones (excluding diaryl/α,β-unsaturated/α-hetero) is 1. The highest BCUT2D eigenvalue weighted by molar-refractivity contribution is 6.46. The predicted octanol–water partition coefficient (Wildman–Crippen LogP) is 3.84. The van der Waals surface area contributed by atoms with Crippen molar-refractivity contribution in [1.29, 1.82) is 0 Å². The van der Waals surface area contributed by atoms with E-state index in [9.17, 15) is 14.7 Å². The first-order chi connectivity index (χ1) is 14.1. The molecule has 1 saturated heterocycles. The van der Waals surface area contributed by atoms with Crippen molar-refractivity contribution in [2.24, 2.45) is 0 Å². The number of ketones is 1. The molecule has 0 radical (unpaired) electrons. The summed E-state index contributed by atoms with van der Waals surface area (Å²) in [5, 5.41) is 11.1. The number of ether oxygens (including phenoxy) is 1. The molecule has 1 aromatic heterocycles. The number of aromatic nitrogens is 1. The zero-order valence-corrected chi connectivity index (χ0v) is 16.4. The molecule has 2 aliphatic rings. The molecule has 1 atom stereocenters. The molecule has 0 spiro atoms. The Kier molecular flexibility index (Phi) is 5.34. The maximum atomic E-state index is 13.0. The van der Waals surface area contributed by atoms with Crippen LogP contribution in [0.2, 0.25) is 0 Å². The van der Waals surface area contributed by atoms with E-state index in [0.29, 0.717) is 17.0 Å². The summed E-state index contributed by atoms with van der Waals surface area (Å²) >= 11 is 0. The van der Waals surface area contributed by atoms with Crippen LogP contribution in [0.25, 0.3) is 5.76 Å². The molecule has 1 N–H and O–H groups in total. The normalized spacial score (nSPS) is 22.1. The van der Waals surface area contributed by atoms with E-state index in [-0.39, 0.29) is 17.4 Å². The smallest absolute Gasteiger partial charge is 0.295 e. The van der Waals surface area contributed by atoms with E-state index in [1.54, 1.807) is 47.5 Å². The molecule has 6 nitrogen and oxygen atoms in total. The fraction of sp³-hybridized carbons (Fsp3) is 0.348. The molecule has 2 fully saturated rings. The zero-order valence-electron chi connectivity index (χ0n) is 16.4. The molecule has 1 aliphatic carbocycles. The van der Waals surface area contributed by atoms with Gasteiger partial charge in [0.25, 0.3) is 11.7 Å². The van der Waals surface area contributed by atoms with Crippen LogP contribution in [0.3, 0.4) is 0 Å². The quantitative estimate of drug-likeness (QED) is 0.486. The van der Waals surface area contributed by atoms with Gasteiger partial charge >= 0.3 is 0 Å². The van der Waals surface area contributed by atoms with Gasteiger partial charge in [-0.2, -0.15) is 0 Å². The predicted molar refractivity (Wildman–Crippen MR) is 108 cm³/mol. The van der Waals surface area contributed by atoms with Crippen molar-refractivity contribution in [2.75, 3.05) is 7.11 Å². The number of benzene rings is 1. The average molecular weight is 392 g/mol. The Labute approximate surface area is 169 Å². The van der Waals surface area contributed by atoms with E-state index in [1.807, 2.05) is 6.07 Å². The van der Waals surface area contributed by atoms with E-state index < -0.39 is 17.7 Å². The third kappa shape index (κ3) is 3.50. The minimum Gasteiger partial charge on any atom is -0.507 e. The van der Waals surface area contributed by atoms with Crippen LogP contribution in [0.15, 0.2) is 54.2 Å². The molecule has 6 heteroatoms. The second kappa shape index (κ2) is 8.07. The van der Waals surface area contributed by atoms with E-state index in [0.717, 1.165) is 32.1 Å². The molecule has 1 saturated carbocycles. The Morgan fingerprint density at radius 2 is 1.90 bits per heavy atom. The third-order valence-corrected chi connectivity index (χ3v) is 5.76. The summed E-state index contributed by atoms with van der Waals surface area (Å²) in [5.74, 6) is -0.857. The van der Waals surface area contributed by atoms with Crippen LogP contribution < -0.4 is 4.74 Å². The monoisotopic (exact) mass is 392 g/mol. The summed E-state index contributed by atoms with van der Waals surface area (Å²) in [6, 6.07) is 11.5. The molecule has 29 heavy (non-hydrogen) atoms. The fourth-order valence-corrected chi connectivity index (χ4v) is 4.34. The molecule has 150 valence electrons. The molecule has 1 amide bonds. The molecule has 0 bridgehead atoms. The standard InChI is InChI=1S/C23H24N2O4/c1-29-17-11-7-8-15(14-17)21(26)19-20(18-12-5-6-13-24-18)25(23(28)22(19)27)16-9-3-2-4-10-16/h5-8,11-14,16,20,26H,2-4,9-10H2,1H3/b21-19-. The van der Waals surface area contributed by atoms with Gasteiger partial charge in [0, 0.05) is 17.8 Å². The second-order valence-corrected chi connectivity index (χ2v) is 7.48. The van der Waals surface area contributed by atoms with Crippen LogP contribution in [-0.4, -0.2) is 39.8 Å². The van der Waals surface area contributed by atoms with Crippen molar-refractivity contribution >= 4 is 17.4 Å².